The summed E-state index contributed by atoms with van der Waals surface area (Å²) in [5.74, 6) is 0.650. The van der Waals surface area contributed by atoms with E-state index in [1.54, 1.807) is 0 Å². The number of nitrogens with zero attached hydrogens (tertiary/aromatic N) is 3. The highest BCUT2D eigenvalue weighted by atomic mass is 16.3. The molecule has 3 heterocycles. The van der Waals surface area contributed by atoms with Gasteiger partial charge < -0.3 is 4.42 Å². The van der Waals surface area contributed by atoms with Crippen LogP contribution in [0.25, 0.3) is 104 Å². The standard InChI is InChI=1S/C44H25N3O/c1-2-13-27(14-3-1)42-40-28-15-5-4-12-26(28)22-24-34(40)45-44(46-42)47-35-20-10-8-18-31(35)39-30-17-7-6-16-29(30)38-33(43(39)47)23-25-37-41(38)32-19-9-11-21-36(32)48-37/h1-25H. The van der Waals surface area contributed by atoms with Crippen molar-refractivity contribution in [2.24, 2.45) is 0 Å². The maximum absolute atomic E-state index is 6.41. The van der Waals surface area contributed by atoms with E-state index in [1.165, 1.54) is 32.3 Å². The normalized spacial score (nSPS) is 12.2. The summed E-state index contributed by atoms with van der Waals surface area (Å²) in [6.07, 6.45) is 0. The van der Waals surface area contributed by atoms with Crippen molar-refractivity contribution in [2.45, 2.75) is 0 Å². The summed E-state index contributed by atoms with van der Waals surface area (Å²) < 4.78 is 8.70. The maximum Gasteiger partial charge on any atom is 0.235 e. The Kier molecular flexibility index (Phi) is 5.08. The molecule has 0 bridgehead atoms. The highest BCUT2D eigenvalue weighted by Crippen LogP contribution is 2.46. The van der Waals surface area contributed by atoms with Crippen molar-refractivity contribution >= 4 is 87.0 Å². The van der Waals surface area contributed by atoms with Crippen LogP contribution < -0.4 is 0 Å². The Balaban J connectivity index is 1.38. The molecule has 0 amide bonds. The van der Waals surface area contributed by atoms with Gasteiger partial charge in [-0.2, -0.15) is 0 Å². The molecule has 48 heavy (non-hydrogen) atoms. The molecule has 3 aromatic heterocycles. The predicted molar refractivity (Wildman–Crippen MR) is 199 cm³/mol. The second-order valence-corrected chi connectivity index (χ2v) is 12.5. The molecule has 0 unspecified atom stereocenters. The number of benzene rings is 8. The zero-order chi connectivity index (χ0) is 31.3. The largest absolute Gasteiger partial charge is 0.456 e. The number of hydrogen-bond acceptors (Lipinski definition) is 3. The lowest BCUT2D eigenvalue weighted by Gasteiger charge is -2.15. The fourth-order valence-electron chi connectivity index (χ4n) is 7.98. The van der Waals surface area contributed by atoms with Crippen molar-refractivity contribution in [3.8, 4) is 17.2 Å². The van der Waals surface area contributed by atoms with Gasteiger partial charge >= 0.3 is 0 Å². The Hall–Kier alpha value is -6.52. The zero-order valence-corrected chi connectivity index (χ0v) is 25.7. The average Bonchev–Trinajstić information content (AvgIpc) is 3.71. The highest BCUT2D eigenvalue weighted by molar-refractivity contribution is 6.38. The van der Waals surface area contributed by atoms with Crippen LogP contribution in [0.3, 0.4) is 0 Å². The second kappa shape index (κ2) is 9.50. The van der Waals surface area contributed by atoms with Gasteiger partial charge in [-0.05, 0) is 51.9 Å². The van der Waals surface area contributed by atoms with Crippen LogP contribution in [0.15, 0.2) is 156 Å². The Morgan fingerprint density at radius 2 is 1.10 bits per heavy atom. The summed E-state index contributed by atoms with van der Waals surface area (Å²) in [7, 11) is 0. The van der Waals surface area contributed by atoms with E-state index in [1.807, 2.05) is 6.07 Å². The molecule has 222 valence electrons. The minimum atomic E-state index is 0.650. The van der Waals surface area contributed by atoms with E-state index in [0.717, 1.165) is 65.9 Å². The van der Waals surface area contributed by atoms with E-state index < -0.39 is 0 Å². The molecule has 4 heteroatoms. The molecule has 0 N–H and O–H groups in total. The molecule has 0 aliphatic carbocycles. The van der Waals surface area contributed by atoms with Gasteiger partial charge in [-0.3, -0.25) is 4.57 Å². The molecule has 0 saturated heterocycles. The average molecular weight is 612 g/mol. The summed E-state index contributed by atoms with van der Waals surface area (Å²) >= 11 is 0. The molecule has 8 aromatic carbocycles. The van der Waals surface area contributed by atoms with Crippen molar-refractivity contribution in [1.82, 2.24) is 14.5 Å². The fourth-order valence-corrected chi connectivity index (χ4v) is 7.98. The van der Waals surface area contributed by atoms with Gasteiger partial charge in [-0.25, -0.2) is 9.97 Å². The molecule has 0 aliphatic rings. The molecule has 0 spiro atoms. The lowest BCUT2D eigenvalue weighted by atomic mass is 9.94. The van der Waals surface area contributed by atoms with Crippen LogP contribution in [0.4, 0.5) is 0 Å². The van der Waals surface area contributed by atoms with Crippen LogP contribution in [-0.2, 0) is 0 Å². The van der Waals surface area contributed by atoms with E-state index in [2.05, 4.69) is 150 Å². The number of para-hydroxylation sites is 2. The van der Waals surface area contributed by atoms with Gasteiger partial charge in [0.2, 0.25) is 5.95 Å². The predicted octanol–water partition coefficient (Wildman–Crippen LogP) is 11.8. The topological polar surface area (TPSA) is 43.9 Å². The summed E-state index contributed by atoms with van der Waals surface area (Å²) in [6.45, 7) is 0. The third-order valence-corrected chi connectivity index (χ3v) is 9.96. The minimum Gasteiger partial charge on any atom is -0.456 e. The summed E-state index contributed by atoms with van der Waals surface area (Å²) in [5, 5.41) is 12.7. The molecule has 0 atom stereocenters. The van der Waals surface area contributed by atoms with Crippen molar-refractivity contribution in [1.29, 1.82) is 0 Å². The van der Waals surface area contributed by atoms with Crippen LogP contribution in [0.1, 0.15) is 0 Å². The molecular formula is C44H25N3O. The van der Waals surface area contributed by atoms with Crippen molar-refractivity contribution in [2.75, 3.05) is 0 Å². The molecule has 0 aliphatic heterocycles. The van der Waals surface area contributed by atoms with Gasteiger partial charge in [0.05, 0.1) is 22.2 Å². The number of furan rings is 1. The molecular weight excluding hydrogens is 587 g/mol. The van der Waals surface area contributed by atoms with E-state index >= 15 is 0 Å². The first-order chi connectivity index (χ1) is 23.8. The van der Waals surface area contributed by atoms with Crippen LogP contribution in [0.5, 0.6) is 0 Å². The Bertz CT molecular complexity index is 3120. The van der Waals surface area contributed by atoms with Crippen molar-refractivity contribution in [3.05, 3.63) is 152 Å². The fraction of sp³-hybridized carbons (Fsp3) is 0. The Morgan fingerprint density at radius 3 is 1.96 bits per heavy atom. The first-order valence-corrected chi connectivity index (χ1v) is 16.3. The molecule has 4 nitrogen and oxygen atoms in total. The van der Waals surface area contributed by atoms with E-state index in [9.17, 15) is 0 Å². The van der Waals surface area contributed by atoms with E-state index in [-0.39, 0.29) is 0 Å². The first-order valence-electron chi connectivity index (χ1n) is 16.3. The molecule has 0 radical (unpaired) electrons. The quantitative estimate of drug-likeness (QED) is 0.183. The van der Waals surface area contributed by atoms with Gasteiger partial charge in [0.1, 0.15) is 11.2 Å². The van der Waals surface area contributed by atoms with E-state index in [4.69, 9.17) is 14.4 Å². The monoisotopic (exact) mass is 611 g/mol. The molecule has 0 fully saturated rings. The van der Waals surface area contributed by atoms with E-state index in [0.29, 0.717) is 5.95 Å². The molecule has 0 saturated carbocycles. The summed E-state index contributed by atoms with van der Waals surface area (Å²) in [6, 6.07) is 53.4. The van der Waals surface area contributed by atoms with Crippen molar-refractivity contribution in [3.63, 3.8) is 0 Å². The first kappa shape index (κ1) is 25.6. The van der Waals surface area contributed by atoms with Crippen LogP contribution in [-0.4, -0.2) is 14.5 Å². The van der Waals surface area contributed by atoms with Crippen LogP contribution >= 0.6 is 0 Å². The second-order valence-electron chi connectivity index (χ2n) is 12.5. The summed E-state index contributed by atoms with van der Waals surface area (Å²) in [5.41, 5.74) is 6.84. The Labute approximate surface area is 274 Å². The third kappa shape index (κ3) is 3.38. The van der Waals surface area contributed by atoms with Gasteiger partial charge in [0, 0.05) is 43.3 Å². The number of fused-ring (bicyclic) bond motifs is 15. The number of rotatable bonds is 2. The SMILES string of the molecule is c1ccc(-c2nc(-n3c4ccccc4c4c5ccccc5c5c(ccc6oc7ccccc7c65)c43)nc3ccc4ccccc4c23)cc1. The van der Waals surface area contributed by atoms with Crippen molar-refractivity contribution < 1.29 is 4.42 Å². The molecule has 11 rings (SSSR count). The van der Waals surface area contributed by atoms with Gasteiger partial charge in [0.15, 0.2) is 0 Å². The lowest BCUT2D eigenvalue weighted by Crippen LogP contribution is -2.04. The number of aromatic nitrogens is 3. The third-order valence-electron chi connectivity index (χ3n) is 9.96. The van der Waals surface area contributed by atoms with Gasteiger partial charge in [-0.1, -0.05) is 121 Å². The number of hydrogen-bond donors (Lipinski definition) is 0. The maximum atomic E-state index is 6.41. The highest BCUT2D eigenvalue weighted by Gasteiger charge is 2.24. The van der Waals surface area contributed by atoms with Gasteiger partial charge in [-0.15, -0.1) is 0 Å². The van der Waals surface area contributed by atoms with Crippen LogP contribution in [0.2, 0.25) is 0 Å². The Morgan fingerprint density at radius 1 is 0.417 bits per heavy atom. The smallest absolute Gasteiger partial charge is 0.235 e. The molecule has 11 aromatic rings. The zero-order valence-electron chi connectivity index (χ0n) is 25.7. The minimum absolute atomic E-state index is 0.650. The lowest BCUT2D eigenvalue weighted by molar-refractivity contribution is 0.669. The van der Waals surface area contributed by atoms with Crippen LogP contribution in [0, 0.1) is 0 Å². The van der Waals surface area contributed by atoms with Gasteiger partial charge in [0.25, 0.3) is 0 Å². The summed E-state index contributed by atoms with van der Waals surface area (Å²) in [4.78, 5) is 10.9.